The highest BCUT2D eigenvalue weighted by Crippen LogP contribution is 2.19. The van der Waals surface area contributed by atoms with E-state index in [9.17, 15) is 19.2 Å². The Bertz CT molecular complexity index is 1360. The maximum atomic E-state index is 14.0. The Morgan fingerprint density at radius 2 is 1.40 bits per heavy atom. The van der Waals surface area contributed by atoms with Gasteiger partial charge in [-0.25, -0.2) is 9.59 Å². The van der Waals surface area contributed by atoms with Gasteiger partial charge in [0, 0.05) is 26.9 Å². The molecule has 2 heterocycles. The first kappa shape index (κ1) is 34.9. The molecule has 0 spiro atoms. The van der Waals surface area contributed by atoms with Crippen LogP contribution < -0.4 is 5.32 Å². The average molecular weight is 624 g/mol. The zero-order valence-corrected chi connectivity index (χ0v) is 27.1. The number of esters is 1. The van der Waals surface area contributed by atoms with Crippen LogP contribution in [0.15, 0.2) is 76.4 Å². The molecule has 3 rings (SSSR count). The molecule has 0 aliphatic carbocycles. The molecule has 3 aromatic rings. The molecule has 3 atom stereocenters. The molecule has 1 N–H and O–H groups in total. The Kier molecular flexibility index (Phi) is 12.4. The lowest BCUT2D eigenvalue weighted by atomic mass is 9.99. The maximum Gasteiger partial charge on any atom is 0.410 e. The third kappa shape index (κ3) is 10.8. The van der Waals surface area contributed by atoms with Crippen molar-refractivity contribution in [1.29, 1.82) is 0 Å². The van der Waals surface area contributed by atoms with Gasteiger partial charge in [0.15, 0.2) is 0 Å². The minimum Gasteiger partial charge on any atom is -0.472 e. The molecule has 0 bridgehead atoms. The van der Waals surface area contributed by atoms with Gasteiger partial charge in [0.05, 0.1) is 25.1 Å². The van der Waals surface area contributed by atoms with Crippen molar-refractivity contribution >= 4 is 23.9 Å². The highest BCUT2D eigenvalue weighted by Gasteiger charge is 2.37. The Morgan fingerprint density at radius 3 is 1.91 bits per heavy atom. The number of carbonyl (C=O) groups excluding carboxylic acids is 4. The van der Waals surface area contributed by atoms with E-state index >= 15 is 0 Å². The number of hydrogen-bond donors (Lipinski definition) is 1. The van der Waals surface area contributed by atoms with Crippen LogP contribution in [0.4, 0.5) is 4.79 Å². The van der Waals surface area contributed by atoms with Gasteiger partial charge < -0.3 is 28.5 Å². The standard InChI is InChI=1S/C34H45N3O8/c1-23(2)17-27(31(39)36(6)29(19-26-14-16-43-21-26)32(40)45-34(3,4)5)35-30(38)28(18-25-13-15-42-20-25)37(7)33(41)44-22-24-11-9-8-10-12-24/h8-16,20-21,23,27-29H,17-19,22H2,1-7H3,(H,35,38)/t27-,28-,29-/m0/s1. The summed E-state index contributed by atoms with van der Waals surface area (Å²) in [4.78, 5) is 56.8. The molecule has 0 saturated carbocycles. The molecule has 244 valence electrons. The molecule has 45 heavy (non-hydrogen) atoms. The molecule has 0 fully saturated rings. The molecule has 11 nitrogen and oxygen atoms in total. The van der Waals surface area contributed by atoms with E-state index in [1.165, 1.54) is 48.9 Å². The Morgan fingerprint density at radius 1 is 0.822 bits per heavy atom. The summed E-state index contributed by atoms with van der Waals surface area (Å²) in [7, 11) is 3.00. The first-order valence-corrected chi connectivity index (χ1v) is 15.0. The number of carbonyl (C=O) groups is 4. The molecule has 0 aliphatic heterocycles. The minimum absolute atomic E-state index is 0.0161. The first-order chi connectivity index (χ1) is 21.2. The number of likely N-dealkylation sites (N-methyl/N-ethyl adjacent to an activating group) is 2. The molecule has 0 aliphatic rings. The summed E-state index contributed by atoms with van der Waals surface area (Å²) in [6.45, 7) is 9.16. The van der Waals surface area contributed by atoms with Gasteiger partial charge in [0.1, 0.15) is 30.3 Å². The summed E-state index contributed by atoms with van der Waals surface area (Å²) in [6, 6.07) is 9.65. The average Bonchev–Trinajstić information content (AvgIpc) is 3.70. The van der Waals surface area contributed by atoms with Crippen molar-refractivity contribution in [2.75, 3.05) is 14.1 Å². The summed E-state index contributed by atoms with van der Waals surface area (Å²) in [5.74, 6) is -1.57. The quantitative estimate of drug-likeness (QED) is 0.249. The molecule has 2 aromatic heterocycles. The number of ether oxygens (including phenoxy) is 2. The smallest absolute Gasteiger partial charge is 0.410 e. The molecular weight excluding hydrogens is 578 g/mol. The topological polar surface area (TPSA) is 132 Å². The first-order valence-electron chi connectivity index (χ1n) is 15.0. The normalized spacial score (nSPS) is 13.4. The van der Waals surface area contributed by atoms with Gasteiger partial charge in [-0.1, -0.05) is 44.2 Å². The minimum atomic E-state index is -1.02. The maximum absolute atomic E-state index is 14.0. The Hall–Kier alpha value is -4.54. The number of hydrogen-bond acceptors (Lipinski definition) is 8. The highest BCUT2D eigenvalue weighted by molar-refractivity contribution is 5.93. The van der Waals surface area contributed by atoms with Crippen molar-refractivity contribution < 1.29 is 37.5 Å². The zero-order valence-electron chi connectivity index (χ0n) is 27.1. The number of rotatable bonds is 14. The summed E-state index contributed by atoms with van der Waals surface area (Å²) < 4.78 is 21.5. The second-order valence-electron chi connectivity index (χ2n) is 12.5. The van der Waals surface area contributed by atoms with Crippen LogP contribution in [0.5, 0.6) is 0 Å². The van der Waals surface area contributed by atoms with Crippen molar-refractivity contribution in [1.82, 2.24) is 15.1 Å². The predicted molar refractivity (Wildman–Crippen MR) is 167 cm³/mol. The monoisotopic (exact) mass is 623 g/mol. The Labute approximate surface area is 264 Å². The van der Waals surface area contributed by atoms with Gasteiger partial charge in [-0.2, -0.15) is 0 Å². The van der Waals surface area contributed by atoms with Crippen LogP contribution in [0.25, 0.3) is 0 Å². The van der Waals surface area contributed by atoms with Crippen molar-refractivity contribution in [2.45, 2.75) is 84.2 Å². The van der Waals surface area contributed by atoms with Gasteiger partial charge >= 0.3 is 12.1 Å². The molecular formula is C34H45N3O8. The SMILES string of the molecule is CC(C)C[C@H](NC(=O)[C@H](Cc1ccoc1)N(C)C(=O)OCc1ccccc1)C(=O)N(C)[C@@H](Cc1ccoc1)C(=O)OC(C)(C)C. The summed E-state index contributed by atoms with van der Waals surface area (Å²) in [5, 5.41) is 2.87. The van der Waals surface area contributed by atoms with E-state index in [1.54, 1.807) is 32.9 Å². The van der Waals surface area contributed by atoms with E-state index in [0.717, 1.165) is 5.56 Å². The summed E-state index contributed by atoms with van der Waals surface area (Å²) in [5.41, 5.74) is 1.43. The molecule has 11 heteroatoms. The van der Waals surface area contributed by atoms with Crippen LogP contribution in [0, 0.1) is 5.92 Å². The van der Waals surface area contributed by atoms with E-state index in [1.807, 2.05) is 44.2 Å². The fraction of sp³-hybridized carbons (Fsp3) is 0.471. The second-order valence-corrected chi connectivity index (χ2v) is 12.5. The van der Waals surface area contributed by atoms with Crippen molar-refractivity contribution in [3.63, 3.8) is 0 Å². The number of furan rings is 2. The molecule has 0 unspecified atom stereocenters. The number of benzene rings is 1. The lowest BCUT2D eigenvalue weighted by Gasteiger charge is -2.34. The van der Waals surface area contributed by atoms with Crippen LogP contribution in [-0.4, -0.2) is 71.5 Å². The van der Waals surface area contributed by atoms with E-state index < -0.39 is 47.6 Å². The van der Waals surface area contributed by atoms with Crippen LogP contribution in [-0.2, 0) is 43.3 Å². The third-order valence-electron chi connectivity index (χ3n) is 7.10. The van der Waals surface area contributed by atoms with E-state index in [-0.39, 0.29) is 25.4 Å². The lowest BCUT2D eigenvalue weighted by molar-refractivity contribution is -0.164. The van der Waals surface area contributed by atoms with Crippen LogP contribution in [0.3, 0.4) is 0 Å². The van der Waals surface area contributed by atoms with Crippen LogP contribution >= 0.6 is 0 Å². The van der Waals surface area contributed by atoms with Gasteiger partial charge in [-0.3, -0.25) is 14.5 Å². The molecule has 0 saturated heterocycles. The summed E-state index contributed by atoms with van der Waals surface area (Å²) in [6.07, 6.45) is 5.86. The largest absolute Gasteiger partial charge is 0.472 e. The fourth-order valence-corrected chi connectivity index (χ4v) is 4.73. The lowest BCUT2D eigenvalue weighted by Crippen LogP contribution is -2.57. The second kappa shape index (κ2) is 16.0. The van der Waals surface area contributed by atoms with Crippen molar-refractivity contribution in [3.8, 4) is 0 Å². The van der Waals surface area contributed by atoms with E-state index in [4.69, 9.17) is 18.3 Å². The van der Waals surface area contributed by atoms with Crippen molar-refractivity contribution in [3.05, 3.63) is 84.2 Å². The van der Waals surface area contributed by atoms with Crippen LogP contribution in [0.2, 0.25) is 0 Å². The zero-order chi connectivity index (χ0) is 33.1. The molecule has 0 radical (unpaired) electrons. The fourth-order valence-electron chi connectivity index (χ4n) is 4.73. The number of amides is 3. The van der Waals surface area contributed by atoms with E-state index in [2.05, 4.69) is 5.32 Å². The van der Waals surface area contributed by atoms with E-state index in [0.29, 0.717) is 17.5 Å². The highest BCUT2D eigenvalue weighted by atomic mass is 16.6. The third-order valence-corrected chi connectivity index (χ3v) is 7.10. The van der Waals surface area contributed by atoms with Gasteiger partial charge in [0.2, 0.25) is 11.8 Å². The number of nitrogens with one attached hydrogen (secondary N) is 1. The van der Waals surface area contributed by atoms with Gasteiger partial charge in [-0.05, 0) is 61.9 Å². The Balaban J connectivity index is 1.83. The summed E-state index contributed by atoms with van der Waals surface area (Å²) >= 11 is 0. The number of nitrogens with zero attached hydrogens (tertiary/aromatic N) is 2. The van der Waals surface area contributed by atoms with Crippen LogP contribution in [0.1, 0.15) is 57.7 Å². The van der Waals surface area contributed by atoms with Gasteiger partial charge in [0.25, 0.3) is 0 Å². The van der Waals surface area contributed by atoms with Gasteiger partial charge in [-0.15, -0.1) is 0 Å². The van der Waals surface area contributed by atoms with Crippen molar-refractivity contribution in [2.24, 2.45) is 5.92 Å². The molecule has 3 amide bonds. The predicted octanol–water partition coefficient (Wildman–Crippen LogP) is 4.99. The molecule has 1 aromatic carbocycles.